The van der Waals surface area contributed by atoms with Crippen LogP contribution >= 0.6 is 11.3 Å². The van der Waals surface area contributed by atoms with Gasteiger partial charge in [0.1, 0.15) is 11.2 Å². The van der Waals surface area contributed by atoms with Crippen molar-refractivity contribution >= 4 is 115 Å². The van der Waals surface area contributed by atoms with Gasteiger partial charge < -0.3 is 8.98 Å². The predicted octanol–water partition coefficient (Wildman–Crippen LogP) is 18.0. The second kappa shape index (κ2) is 16.0. The highest BCUT2D eigenvalue weighted by Crippen LogP contribution is 2.45. The normalized spacial score (nSPS) is 12.1. The molecule has 15 rings (SSSR count). The highest BCUT2D eigenvalue weighted by molar-refractivity contribution is 7.23. The number of hydrogen-bond acceptors (Lipinski definition) is 4. The van der Waals surface area contributed by atoms with Crippen molar-refractivity contribution in [2.24, 2.45) is 0 Å². The fourth-order valence-electron chi connectivity index (χ4n) is 11.4. The van der Waals surface area contributed by atoms with Crippen molar-refractivity contribution in [3.8, 4) is 56.8 Å². The third-order valence-corrected chi connectivity index (χ3v) is 16.0. The summed E-state index contributed by atoms with van der Waals surface area (Å²) in [7, 11) is 0. The fourth-order valence-corrected chi connectivity index (χ4v) is 12.6. The molecule has 10 aromatic carbocycles. The molecule has 5 heterocycles. The van der Waals surface area contributed by atoms with Crippen LogP contribution in [0.4, 0.5) is 0 Å². The number of terminal acetylenes is 1. The van der Waals surface area contributed by atoms with Crippen LogP contribution in [0.1, 0.15) is 11.1 Å². The van der Waals surface area contributed by atoms with Crippen molar-refractivity contribution < 1.29 is 4.42 Å². The van der Waals surface area contributed by atoms with Crippen molar-refractivity contribution in [1.29, 1.82) is 0 Å². The van der Waals surface area contributed by atoms with Gasteiger partial charge in [-0.05, 0) is 136 Å². The zero-order valence-corrected chi connectivity index (χ0v) is 40.3. The molecule has 0 atom stereocenters. The number of hydrogen-bond donors (Lipinski definition) is 0. The zero-order chi connectivity index (χ0) is 48.3. The monoisotopic (exact) mass is 948 g/mol. The highest BCUT2D eigenvalue weighted by Gasteiger charge is 2.23. The minimum absolute atomic E-state index is 0.608. The number of thiophene rings is 1. The molecule has 0 radical (unpaired) electrons. The lowest BCUT2D eigenvalue weighted by Crippen LogP contribution is -2.03. The van der Waals surface area contributed by atoms with Gasteiger partial charge in [0.25, 0.3) is 0 Å². The minimum Gasteiger partial charge on any atom is -0.456 e. The van der Waals surface area contributed by atoms with E-state index in [0.29, 0.717) is 5.95 Å². The molecule has 5 aromatic heterocycles. The van der Waals surface area contributed by atoms with E-state index >= 15 is 0 Å². The summed E-state index contributed by atoms with van der Waals surface area (Å²) in [5.74, 6) is 3.37. The Labute approximate surface area is 423 Å². The first-order valence-electron chi connectivity index (χ1n) is 24.5. The minimum atomic E-state index is 0.608. The quantitative estimate of drug-likeness (QED) is 0.156. The van der Waals surface area contributed by atoms with Crippen LogP contribution in [-0.2, 0) is 0 Å². The Morgan fingerprint density at radius 3 is 1.96 bits per heavy atom. The van der Waals surface area contributed by atoms with Crippen molar-refractivity contribution in [3.63, 3.8) is 0 Å². The molecule has 0 spiro atoms. The molecule has 0 bridgehead atoms. The Hall–Kier alpha value is -9.54. The van der Waals surface area contributed by atoms with Crippen LogP contribution in [0.25, 0.3) is 148 Å². The number of fused-ring (bicyclic) bond motifs is 14. The average Bonchev–Trinajstić information content (AvgIpc) is 4.25. The van der Waals surface area contributed by atoms with Gasteiger partial charge in [-0.3, -0.25) is 4.57 Å². The van der Waals surface area contributed by atoms with Crippen LogP contribution in [0, 0.1) is 19.3 Å². The second-order valence-electron chi connectivity index (χ2n) is 18.9. The maximum absolute atomic E-state index is 6.28. The standard InChI is InChI=1S/C67H40N4OS/c1-3-4-20-48-40(2)24-31-58-62(48)53-37-45(28-33-56(53)71(58)67-68-54-30-25-46-38-61(42-16-7-5-8-17-42)73-66(46)64(54)65(69-67)43-18-9-6-10-19-43)44-27-32-55-52(36-44)63-49-21-12-11-15-41(49)26-34-57(63)70(55)47-29-35-60-51(39-47)50-22-13-14-23-59(50)72-60/h1,4-39H,2H3/b20-4-. The predicted molar refractivity (Wildman–Crippen MR) is 307 cm³/mol. The molecule has 0 N–H and O–H groups in total. The van der Waals surface area contributed by atoms with Crippen molar-refractivity contribution in [2.75, 3.05) is 0 Å². The number of benzene rings is 10. The summed E-state index contributed by atoms with van der Waals surface area (Å²) in [5.41, 5.74) is 15.6. The van der Waals surface area contributed by atoms with Gasteiger partial charge in [-0.25, -0.2) is 9.97 Å². The van der Waals surface area contributed by atoms with Gasteiger partial charge in [-0.1, -0.05) is 139 Å². The molecule has 5 nitrogen and oxygen atoms in total. The molecular formula is C67H40N4OS. The Morgan fingerprint density at radius 1 is 0.493 bits per heavy atom. The third-order valence-electron chi connectivity index (χ3n) is 14.8. The molecule has 0 aliphatic carbocycles. The van der Waals surface area contributed by atoms with E-state index < -0.39 is 0 Å². The largest absolute Gasteiger partial charge is 0.456 e. The lowest BCUT2D eigenvalue weighted by Gasteiger charge is -2.13. The number of furan rings is 1. The van der Waals surface area contributed by atoms with Crippen LogP contribution < -0.4 is 0 Å². The van der Waals surface area contributed by atoms with Crippen LogP contribution in [0.2, 0.25) is 0 Å². The molecule has 6 heteroatoms. The van der Waals surface area contributed by atoms with E-state index in [9.17, 15) is 0 Å². The Balaban J connectivity index is 0.962. The molecule has 0 aliphatic heterocycles. The van der Waals surface area contributed by atoms with E-state index in [1.54, 1.807) is 17.4 Å². The summed E-state index contributed by atoms with van der Waals surface area (Å²) < 4.78 is 12.1. The summed E-state index contributed by atoms with van der Waals surface area (Å²) in [6, 6.07) is 74.0. The van der Waals surface area contributed by atoms with Crippen LogP contribution in [0.5, 0.6) is 0 Å². The molecule has 0 saturated heterocycles. The number of rotatable bonds is 6. The van der Waals surface area contributed by atoms with E-state index in [0.717, 1.165) is 105 Å². The van der Waals surface area contributed by atoms with Gasteiger partial charge in [-0.2, -0.15) is 0 Å². The number of aromatic nitrogens is 4. The molecular weight excluding hydrogens is 909 g/mol. The maximum atomic E-state index is 6.28. The van der Waals surface area contributed by atoms with E-state index in [-0.39, 0.29) is 0 Å². The molecule has 0 aliphatic rings. The number of allylic oxidation sites excluding steroid dienone is 1. The summed E-state index contributed by atoms with van der Waals surface area (Å²) in [6.45, 7) is 2.15. The topological polar surface area (TPSA) is 48.8 Å². The first-order chi connectivity index (χ1) is 36.1. The van der Waals surface area contributed by atoms with Gasteiger partial charge in [0.2, 0.25) is 5.95 Å². The van der Waals surface area contributed by atoms with E-state index in [4.69, 9.17) is 20.8 Å². The summed E-state index contributed by atoms with van der Waals surface area (Å²) in [4.78, 5) is 12.3. The van der Waals surface area contributed by atoms with Gasteiger partial charge in [0.05, 0.1) is 33.3 Å². The van der Waals surface area contributed by atoms with Crippen molar-refractivity contribution in [1.82, 2.24) is 19.1 Å². The van der Waals surface area contributed by atoms with E-state index in [1.165, 1.54) is 42.1 Å². The van der Waals surface area contributed by atoms with Gasteiger partial charge in [-0.15, -0.1) is 17.8 Å². The Kier molecular flexibility index (Phi) is 9.04. The van der Waals surface area contributed by atoms with Gasteiger partial charge in [0, 0.05) is 58.5 Å². The molecule has 73 heavy (non-hydrogen) atoms. The SMILES string of the molecule is C#C/C=C\c1c(C)ccc2c1c1cc(-c3ccc4c(c3)c3c5ccccc5ccc3n4-c3ccc4oc5ccccc5c4c3)ccc1n2-c1nc(-c2ccccc2)c2c(ccc3cc(-c4ccccc4)sc32)n1. The molecule has 0 fully saturated rings. The van der Waals surface area contributed by atoms with Crippen molar-refractivity contribution in [2.45, 2.75) is 6.92 Å². The third kappa shape index (κ3) is 6.29. The molecule has 340 valence electrons. The van der Waals surface area contributed by atoms with Crippen LogP contribution in [0.15, 0.2) is 217 Å². The Bertz CT molecular complexity index is 4870. The average molecular weight is 949 g/mol. The van der Waals surface area contributed by atoms with Gasteiger partial charge in [0.15, 0.2) is 0 Å². The number of nitrogens with zero attached hydrogens (tertiary/aromatic N) is 4. The van der Waals surface area contributed by atoms with E-state index in [2.05, 4.69) is 222 Å². The maximum Gasteiger partial charge on any atom is 0.235 e. The van der Waals surface area contributed by atoms with E-state index in [1.807, 2.05) is 12.1 Å². The van der Waals surface area contributed by atoms with Crippen molar-refractivity contribution in [3.05, 3.63) is 223 Å². The Morgan fingerprint density at radius 2 is 1.15 bits per heavy atom. The molecule has 0 unspecified atom stereocenters. The number of para-hydroxylation sites is 1. The lowest BCUT2D eigenvalue weighted by atomic mass is 9.97. The fraction of sp³-hybridized carbons (Fsp3) is 0.0149. The highest BCUT2D eigenvalue weighted by atomic mass is 32.1. The lowest BCUT2D eigenvalue weighted by molar-refractivity contribution is 0.669. The van der Waals surface area contributed by atoms with Gasteiger partial charge >= 0.3 is 0 Å². The summed E-state index contributed by atoms with van der Waals surface area (Å²) in [5, 5.41) is 11.5. The summed E-state index contributed by atoms with van der Waals surface area (Å²) in [6.07, 6.45) is 9.78. The van der Waals surface area contributed by atoms with Crippen LogP contribution in [0.3, 0.4) is 0 Å². The number of aryl methyl sites for hydroxylation is 1. The van der Waals surface area contributed by atoms with Crippen LogP contribution in [-0.4, -0.2) is 19.1 Å². The molecule has 0 saturated carbocycles. The second-order valence-corrected chi connectivity index (χ2v) is 19.9. The smallest absolute Gasteiger partial charge is 0.235 e. The first kappa shape index (κ1) is 41.3. The zero-order valence-electron chi connectivity index (χ0n) is 39.5. The first-order valence-corrected chi connectivity index (χ1v) is 25.3. The summed E-state index contributed by atoms with van der Waals surface area (Å²) >= 11 is 1.79. The molecule has 15 aromatic rings. The molecule has 0 amide bonds.